The van der Waals surface area contributed by atoms with Crippen LogP contribution in [-0.2, 0) is 37.3 Å². The van der Waals surface area contributed by atoms with Crippen LogP contribution < -0.4 is 10.3 Å². The lowest BCUT2D eigenvalue weighted by molar-refractivity contribution is -0.145. The van der Waals surface area contributed by atoms with Gasteiger partial charge >= 0.3 is 5.97 Å². The highest BCUT2D eigenvalue weighted by Gasteiger charge is 2.30. The monoisotopic (exact) mass is 673 g/mol. The number of sulfonamides is 1. The Morgan fingerprint density at radius 3 is 2.49 bits per heavy atom. The van der Waals surface area contributed by atoms with E-state index < -0.39 is 10.0 Å². The molecule has 0 saturated carbocycles. The second-order valence-corrected chi connectivity index (χ2v) is 14.1. The summed E-state index contributed by atoms with van der Waals surface area (Å²) in [6.07, 6.45) is 5.66. The van der Waals surface area contributed by atoms with Crippen molar-refractivity contribution in [3.05, 3.63) is 40.3 Å². The molecule has 0 spiro atoms. The highest BCUT2D eigenvalue weighted by molar-refractivity contribution is 7.89. The van der Waals surface area contributed by atoms with Crippen LogP contribution in [0.3, 0.4) is 0 Å². The number of fused-ring (bicyclic) bond motifs is 1. The van der Waals surface area contributed by atoms with Gasteiger partial charge in [0.05, 0.1) is 35.6 Å². The Balaban J connectivity index is 1.45. The van der Waals surface area contributed by atoms with E-state index in [4.69, 9.17) is 19.2 Å². The number of esters is 1. The van der Waals surface area contributed by atoms with Gasteiger partial charge in [0.1, 0.15) is 23.7 Å². The molecule has 1 aromatic carbocycles. The van der Waals surface area contributed by atoms with Crippen LogP contribution >= 0.6 is 0 Å². The van der Waals surface area contributed by atoms with Crippen LogP contribution in [0.2, 0.25) is 0 Å². The van der Waals surface area contributed by atoms with Crippen LogP contribution in [0, 0.1) is 5.92 Å². The molecule has 13 heteroatoms. The Morgan fingerprint density at radius 1 is 1.04 bits per heavy atom. The van der Waals surface area contributed by atoms with Gasteiger partial charge in [-0.3, -0.25) is 14.5 Å². The van der Waals surface area contributed by atoms with E-state index in [9.17, 15) is 18.0 Å². The Bertz CT molecular complexity index is 1640. The Kier molecular flexibility index (Phi) is 13.4. The highest BCUT2D eigenvalue weighted by Crippen LogP contribution is 2.33. The van der Waals surface area contributed by atoms with E-state index in [1.165, 1.54) is 4.31 Å². The van der Waals surface area contributed by atoms with Crippen LogP contribution in [0.1, 0.15) is 65.9 Å². The number of H-pyrrole nitrogens is 1. The number of piperazine rings is 1. The minimum Gasteiger partial charge on any atom is -0.493 e. The van der Waals surface area contributed by atoms with E-state index in [1.807, 2.05) is 24.6 Å². The molecule has 3 aromatic rings. The number of carbonyl (C=O) groups is 1. The zero-order valence-electron chi connectivity index (χ0n) is 28.5. The summed E-state index contributed by atoms with van der Waals surface area (Å²) >= 11 is 0. The number of hydrogen-bond acceptors (Lipinski definition) is 9. The number of aromatic nitrogens is 3. The van der Waals surface area contributed by atoms with Crippen molar-refractivity contribution < 1.29 is 27.4 Å². The molecule has 1 aliphatic heterocycles. The summed E-state index contributed by atoms with van der Waals surface area (Å²) in [5.41, 5.74) is 2.27. The number of benzene rings is 1. The Morgan fingerprint density at radius 2 is 1.81 bits per heavy atom. The van der Waals surface area contributed by atoms with Crippen LogP contribution in [-0.4, -0.2) is 97.3 Å². The fraction of sp³-hybridized carbons (Fsp3) is 0.618. The molecule has 0 bridgehead atoms. The lowest BCUT2D eigenvalue weighted by Gasteiger charge is -2.33. The Labute approximate surface area is 278 Å². The number of carbonyl (C=O) groups excluding carboxylic acids is 1. The van der Waals surface area contributed by atoms with E-state index in [0.29, 0.717) is 87.4 Å². The van der Waals surface area contributed by atoms with Gasteiger partial charge in [-0.05, 0) is 49.4 Å². The third-order valence-electron chi connectivity index (χ3n) is 8.52. The number of nitrogens with one attached hydrogen (secondary N) is 1. The van der Waals surface area contributed by atoms with Gasteiger partial charge in [0, 0.05) is 52.1 Å². The van der Waals surface area contributed by atoms with Gasteiger partial charge in [0.25, 0.3) is 5.56 Å². The highest BCUT2D eigenvalue weighted by atomic mass is 32.2. The molecule has 260 valence electrons. The van der Waals surface area contributed by atoms with Gasteiger partial charge < -0.3 is 23.8 Å². The van der Waals surface area contributed by atoms with Crippen LogP contribution in [0.4, 0.5) is 0 Å². The summed E-state index contributed by atoms with van der Waals surface area (Å²) in [5, 5.41) is 0. The molecule has 3 heterocycles. The van der Waals surface area contributed by atoms with Crippen molar-refractivity contribution in [2.24, 2.45) is 5.92 Å². The maximum atomic E-state index is 13.8. The third kappa shape index (κ3) is 9.21. The van der Waals surface area contributed by atoms with Crippen molar-refractivity contribution in [3.8, 4) is 17.1 Å². The van der Waals surface area contributed by atoms with Crippen LogP contribution in [0.15, 0.2) is 34.1 Å². The van der Waals surface area contributed by atoms with Crippen molar-refractivity contribution >= 4 is 27.0 Å². The summed E-state index contributed by atoms with van der Waals surface area (Å²) < 4.78 is 47.9. The molecule has 1 atom stereocenters. The van der Waals surface area contributed by atoms with Crippen molar-refractivity contribution in [2.45, 2.75) is 78.2 Å². The maximum absolute atomic E-state index is 13.8. The van der Waals surface area contributed by atoms with E-state index in [2.05, 4.69) is 30.7 Å². The first-order valence-electron chi connectivity index (χ1n) is 17.0. The first kappa shape index (κ1) is 36.6. The van der Waals surface area contributed by atoms with Gasteiger partial charge in [0.15, 0.2) is 0 Å². The molecule has 47 heavy (non-hydrogen) atoms. The molecular weight excluding hydrogens is 622 g/mol. The fourth-order valence-corrected chi connectivity index (χ4v) is 7.00. The molecule has 1 fully saturated rings. The molecule has 4 rings (SSSR count). The van der Waals surface area contributed by atoms with E-state index >= 15 is 0 Å². The molecule has 12 nitrogen and oxygen atoms in total. The summed E-state index contributed by atoms with van der Waals surface area (Å²) in [6.45, 7) is 14.7. The van der Waals surface area contributed by atoms with Crippen LogP contribution in [0.25, 0.3) is 22.4 Å². The predicted octanol–water partition coefficient (Wildman–Crippen LogP) is 4.46. The van der Waals surface area contributed by atoms with Crippen molar-refractivity contribution in [2.75, 3.05) is 59.2 Å². The van der Waals surface area contributed by atoms with Gasteiger partial charge in [-0.1, -0.05) is 40.5 Å². The molecule has 0 unspecified atom stereocenters. The second-order valence-electron chi connectivity index (χ2n) is 12.1. The number of hydrogen-bond donors (Lipinski definition) is 1. The van der Waals surface area contributed by atoms with E-state index in [1.54, 1.807) is 18.2 Å². The smallest absolute Gasteiger partial charge is 0.308 e. The predicted molar refractivity (Wildman–Crippen MR) is 182 cm³/mol. The maximum Gasteiger partial charge on any atom is 0.308 e. The molecular formula is C34H51N5O7S. The average Bonchev–Trinajstić information content (AvgIpc) is 3.43. The number of ether oxygens (including phenoxy) is 3. The quantitative estimate of drug-likeness (QED) is 0.153. The molecule has 0 amide bonds. The summed E-state index contributed by atoms with van der Waals surface area (Å²) in [4.78, 5) is 35.4. The van der Waals surface area contributed by atoms with Gasteiger partial charge in [-0.15, -0.1) is 0 Å². The second kappa shape index (κ2) is 17.2. The van der Waals surface area contributed by atoms with Crippen LogP contribution in [0.5, 0.6) is 5.75 Å². The topological polar surface area (TPSA) is 136 Å². The lowest BCUT2D eigenvalue weighted by Crippen LogP contribution is -2.49. The normalized spacial score (nSPS) is 15.3. The summed E-state index contributed by atoms with van der Waals surface area (Å²) in [6, 6.07) is 4.75. The molecule has 0 aliphatic carbocycles. The van der Waals surface area contributed by atoms with Gasteiger partial charge in [0.2, 0.25) is 10.0 Å². The number of aryl methyl sites for hydroxylation is 2. The summed E-state index contributed by atoms with van der Waals surface area (Å²) in [5.74, 6) is 0.905. The third-order valence-corrected chi connectivity index (χ3v) is 10.4. The van der Waals surface area contributed by atoms with Crippen molar-refractivity contribution in [3.63, 3.8) is 0 Å². The van der Waals surface area contributed by atoms with E-state index in [-0.39, 0.29) is 35.3 Å². The molecule has 0 radical (unpaired) electrons. The number of aromatic amines is 1. The fourth-order valence-electron chi connectivity index (χ4n) is 5.55. The zero-order chi connectivity index (χ0) is 34.0. The standard InChI is InChI=1S/C34H51N5O7S/c1-6-10-26-23-38(9-4)32-31(26)35-33(36-34(32)41)28-22-27(11-12-29(28)45-19-7-2)47(42,43)39-16-14-37(15-17-39)18-21-46-30(40)13-20-44-24-25(5)8-3/h11-12,22-23,25H,6-10,13-21,24H2,1-5H3,(H,35,36,41)/t25-/m1/s1. The minimum atomic E-state index is -3.85. The van der Waals surface area contributed by atoms with Gasteiger partial charge in [-0.25, -0.2) is 13.4 Å². The SMILES string of the molecule is CCCOc1ccc(S(=O)(=O)N2CCN(CCOC(=O)CCOC[C@H](C)CC)CC2)cc1-c1nc2c(CCC)cn(CC)c2c(=O)[nH]1. The molecule has 1 aliphatic rings. The largest absolute Gasteiger partial charge is 0.493 e. The van der Waals surface area contributed by atoms with E-state index in [0.717, 1.165) is 31.2 Å². The first-order valence-corrected chi connectivity index (χ1v) is 18.4. The zero-order valence-corrected chi connectivity index (χ0v) is 29.4. The molecule has 2 aromatic heterocycles. The minimum absolute atomic E-state index is 0.108. The van der Waals surface area contributed by atoms with Crippen molar-refractivity contribution in [1.29, 1.82) is 0 Å². The Hall–Kier alpha value is -3.26. The van der Waals surface area contributed by atoms with Crippen molar-refractivity contribution in [1.82, 2.24) is 23.7 Å². The molecule has 1 N–H and O–H groups in total. The number of nitrogens with zero attached hydrogens (tertiary/aromatic N) is 4. The van der Waals surface area contributed by atoms with Gasteiger partial charge in [-0.2, -0.15) is 4.31 Å². The average molecular weight is 674 g/mol. The number of rotatable bonds is 18. The molecule has 1 saturated heterocycles. The first-order chi connectivity index (χ1) is 22.6. The summed E-state index contributed by atoms with van der Waals surface area (Å²) in [7, 11) is -3.85. The lowest BCUT2D eigenvalue weighted by atomic mass is 10.1.